The van der Waals surface area contributed by atoms with Crippen molar-refractivity contribution >= 4 is 40.0 Å². The summed E-state index contributed by atoms with van der Waals surface area (Å²) in [4.78, 5) is 30.8. The minimum atomic E-state index is -0.153. The van der Waals surface area contributed by atoms with Gasteiger partial charge < -0.3 is 10.2 Å². The third-order valence-electron chi connectivity index (χ3n) is 3.59. The van der Waals surface area contributed by atoms with Crippen molar-refractivity contribution in [2.45, 2.75) is 26.2 Å². The van der Waals surface area contributed by atoms with E-state index in [0.29, 0.717) is 22.7 Å². The maximum Gasteiger partial charge on any atom is 0.245 e. The molecule has 2 aliphatic rings. The SMILES string of the molecule is C[C@H]1CCc2nc(NC(=O)CN3CSCC3=O)sc2C1. The van der Waals surface area contributed by atoms with E-state index in [9.17, 15) is 9.59 Å². The van der Waals surface area contributed by atoms with Gasteiger partial charge in [0.15, 0.2) is 5.13 Å². The van der Waals surface area contributed by atoms with Gasteiger partial charge in [0.1, 0.15) is 6.54 Å². The van der Waals surface area contributed by atoms with Crippen molar-refractivity contribution in [1.82, 2.24) is 9.88 Å². The van der Waals surface area contributed by atoms with Gasteiger partial charge in [-0.15, -0.1) is 23.1 Å². The number of aromatic nitrogens is 1. The number of nitrogens with one attached hydrogen (secondary N) is 1. The van der Waals surface area contributed by atoms with Crippen LogP contribution >= 0.6 is 23.1 Å². The molecule has 0 radical (unpaired) electrons. The standard InChI is InChI=1S/C13H17N3O2S2/c1-8-2-3-9-10(4-8)20-13(14-9)15-11(17)5-16-7-19-6-12(16)18/h8H,2-7H2,1H3,(H,14,15,17)/t8-/m0/s1. The first-order chi connectivity index (χ1) is 9.61. The van der Waals surface area contributed by atoms with Crippen molar-refractivity contribution < 1.29 is 9.59 Å². The van der Waals surface area contributed by atoms with E-state index in [0.717, 1.165) is 18.5 Å². The molecule has 1 atom stereocenters. The zero-order valence-corrected chi connectivity index (χ0v) is 13.0. The highest BCUT2D eigenvalue weighted by molar-refractivity contribution is 8.00. The Bertz CT molecular complexity index is 544. The molecule has 5 nitrogen and oxygen atoms in total. The fourth-order valence-electron chi connectivity index (χ4n) is 2.47. The molecule has 0 aromatic carbocycles. The molecule has 1 saturated heterocycles. The largest absolute Gasteiger partial charge is 0.323 e. The molecule has 0 spiro atoms. The van der Waals surface area contributed by atoms with Gasteiger partial charge in [0.05, 0.1) is 17.3 Å². The summed E-state index contributed by atoms with van der Waals surface area (Å²) in [7, 11) is 0. The highest BCUT2D eigenvalue weighted by Gasteiger charge is 2.24. The van der Waals surface area contributed by atoms with Crippen LogP contribution in [0.4, 0.5) is 5.13 Å². The number of hydrogen-bond acceptors (Lipinski definition) is 5. The maximum absolute atomic E-state index is 11.9. The Kier molecular flexibility index (Phi) is 3.98. The lowest BCUT2D eigenvalue weighted by molar-refractivity contribution is -0.130. The molecule has 1 aliphatic carbocycles. The van der Waals surface area contributed by atoms with E-state index in [2.05, 4.69) is 17.2 Å². The Labute approximate surface area is 126 Å². The zero-order chi connectivity index (χ0) is 14.1. The number of carbonyl (C=O) groups is 2. The van der Waals surface area contributed by atoms with Crippen LogP contribution in [0, 0.1) is 5.92 Å². The third kappa shape index (κ3) is 2.98. The molecule has 1 N–H and O–H groups in total. The highest BCUT2D eigenvalue weighted by Crippen LogP contribution is 2.32. The predicted octanol–water partition coefficient (Wildman–Crippen LogP) is 1.74. The van der Waals surface area contributed by atoms with Gasteiger partial charge in [0.2, 0.25) is 11.8 Å². The van der Waals surface area contributed by atoms with Gasteiger partial charge in [-0.2, -0.15) is 0 Å². The number of nitrogens with zero attached hydrogens (tertiary/aromatic N) is 2. The smallest absolute Gasteiger partial charge is 0.245 e. The third-order valence-corrected chi connectivity index (χ3v) is 5.57. The molecule has 0 bridgehead atoms. The lowest BCUT2D eigenvalue weighted by Crippen LogP contribution is -2.34. The van der Waals surface area contributed by atoms with Crippen LogP contribution in [0.5, 0.6) is 0 Å². The minimum absolute atomic E-state index is 0.0393. The van der Waals surface area contributed by atoms with Gasteiger partial charge >= 0.3 is 0 Å². The molecule has 7 heteroatoms. The molecular weight excluding hydrogens is 294 g/mol. The van der Waals surface area contributed by atoms with Gasteiger partial charge in [-0.3, -0.25) is 9.59 Å². The van der Waals surface area contributed by atoms with E-state index >= 15 is 0 Å². The minimum Gasteiger partial charge on any atom is -0.323 e. The van der Waals surface area contributed by atoms with Gasteiger partial charge in [-0.25, -0.2) is 4.98 Å². The molecule has 1 aromatic heterocycles. The number of amides is 2. The molecular formula is C13H17N3O2S2. The van der Waals surface area contributed by atoms with E-state index in [1.165, 1.54) is 11.3 Å². The molecule has 1 aliphatic heterocycles. The van der Waals surface area contributed by atoms with Crippen LogP contribution in [0.25, 0.3) is 0 Å². The van der Waals surface area contributed by atoms with Crippen LogP contribution in [0.3, 0.4) is 0 Å². The predicted molar refractivity (Wildman–Crippen MR) is 81.0 cm³/mol. The Morgan fingerprint density at radius 3 is 3.15 bits per heavy atom. The van der Waals surface area contributed by atoms with Crippen molar-refractivity contribution in [3.63, 3.8) is 0 Å². The van der Waals surface area contributed by atoms with E-state index in [4.69, 9.17) is 0 Å². The van der Waals surface area contributed by atoms with Gasteiger partial charge in [-0.05, 0) is 25.2 Å². The van der Waals surface area contributed by atoms with Crippen molar-refractivity contribution in [2.24, 2.45) is 5.92 Å². The van der Waals surface area contributed by atoms with Gasteiger partial charge in [0.25, 0.3) is 0 Å². The monoisotopic (exact) mass is 311 g/mol. The summed E-state index contributed by atoms with van der Waals surface area (Å²) < 4.78 is 0. The van der Waals surface area contributed by atoms with E-state index in [-0.39, 0.29) is 18.4 Å². The topological polar surface area (TPSA) is 62.3 Å². The van der Waals surface area contributed by atoms with E-state index in [1.807, 2.05) is 0 Å². The quantitative estimate of drug-likeness (QED) is 0.923. The lowest BCUT2D eigenvalue weighted by Gasteiger charge is -2.15. The van der Waals surface area contributed by atoms with Crippen LogP contribution in [0.1, 0.15) is 23.9 Å². The summed E-state index contributed by atoms with van der Waals surface area (Å²) in [6.45, 7) is 2.38. The first-order valence-electron chi connectivity index (χ1n) is 6.76. The van der Waals surface area contributed by atoms with Crippen LogP contribution in [-0.2, 0) is 22.4 Å². The average molecular weight is 311 g/mol. The molecule has 0 saturated carbocycles. The van der Waals surface area contributed by atoms with Gasteiger partial charge in [-0.1, -0.05) is 6.92 Å². The fraction of sp³-hybridized carbons (Fsp3) is 0.615. The molecule has 1 fully saturated rings. The maximum atomic E-state index is 11.9. The summed E-state index contributed by atoms with van der Waals surface area (Å²) >= 11 is 3.12. The van der Waals surface area contributed by atoms with Crippen molar-refractivity contribution in [2.75, 3.05) is 23.5 Å². The van der Waals surface area contributed by atoms with Crippen molar-refractivity contribution in [1.29, 1.82) is 0 Å². The van der Waals surface area contributed by atoms with Crippen LogP contribution < -0.4 is 5.32 Å². The summed E-state index contributed by atoms with van der Waals surface area (Å²) in [6, 6.07) is 0. The fourth-order valence-corrected chi connectivity index (χ4v) is 4.56. The molecule has 108 valence electrons. The summed E-state index contributed by atoms with van der Waals surface area (Å²) in [6.07, 6.45) is 3.23. The molecule has 3 rings (SSSR count). The van der Waals surface area contributed by atoms with Crippen LogP contribution in [0.2, 0.25) is 0 Å². The Balaban J connectivity index is 1.60. The van der Waals surface area contributed by atoms with Crippen molar-refractivity contribution in [3.05, 3.63) is 10.6 Å². The van der Waals surface area contributed by atoms with E-state index < -0.39 is 0 Å². The highest BCUT2D eigenvalue weighted by atomic mass is 32.2. The summed E-state index contributed by atoms with van der Waals surface area (Å²) in [5.41, 5.74) is 1.14. The summed E-state index contributed by atoms with van der Waals surface area (Å²) in [5.74, 6) is 1.68. The Hall–Kier alpha value is -1.08. The number of rotatable bonds is 3. The number of anilines is 1. The summed E-state index contributed by atoms with van der Waals surface area (Å²) in [5, 5.41) is 3.50. The number of thioether (sulfide) groups is 1. The van der Waals surface area contributed by atoms with Gasteiger partial charge in [0, 0.05) is 4.88 Å². The first-order valence-corrected chi connectivity index (χ1v) is 8.73. The van der Waals surface area contributed by atoms with Crippen molar-refractivity contribution in [3.8, 4) is 0 Å². The lowest BCUT2D eigenvalue weighted by atomic mass is 9.93. The number of carbonyl (C=O) groups excluding carboxylic acids is 2. The second-order valence-corrected chi connectivity index (χ2v) is 7.39. The molecule has 0 unspecified atom stereocenters. The number of aryl methyl sites for hydroxylation is 1. The second kappa shape index (κ2) is 5.73. The second-order valence-electron chi connectivity index (χ2n) is 5.35. The molecule has 2 amide bonds. The van der Waals surface area contributed by atoms with E-state index in [1.54, 1.807) is 28.0 Å². The average Bonchev–Trinajstić information content (AvgIpc) is 2.95. The molecule has 20 heavy (non-hydrogen) atoms. The zero-order valence-electron chi connectivity index (χ0n) is 11.3. The first kappa shape index (κ1) is 13.9. The molecule has 2 heterocycles. The Morgan fingerprint density at radius 2 is 2.40 bits per heavy atom. The number of thiazole rings is 1. The van der Waals surface area contributed by atoms with Crippen LogP contribution in [0.15, 0.2) is 0 Å². The molecule has 1 aromatic rings. The Morgan fingerprint density at radius 1 is 1.55 bits per heavy atom. The normalized spacial score (nSPS) is 21.9. The van der Waals surface area contributed by atoms with Crippen LogP contribution in [-0.4, -0.2) is 39.9 Å². The number of hydrogen-bond donors (Lipinski definition) is 1. The number of fused-ring (bicyclic) bond motifs is 1.